The molecule has 0 radical (unpaired) electrons. The second-order valence-corrected chi connectivity index (χ2v) is 7.02. The number of rotatable bonds is 6. The number of likely N-dealkylation sites (N-methyl/N-ethyl adjacent to an activating group) is 1. The molecule has 0 spiro atoms. The molecule has 0 N–H and O–H groups in total. The largest absolute Gasteiger partial charge is 0.375 e. The van der Waals surface area contributed by atoms with Crippen LogP contribution in [-0.2, 0) is 20.9 Å². The molecule has 0 saturated carbocycles. The van der Waals surface area contributed by atoms with Gasteiger partial charge in [-0.05, 0) is 30.9 Å². The van der Waals surface area contributed by atoms with E-state index in [0.29, 0.717) is 12.5 Å². The Bertz CT molecular complexity index is 535. The molecule has 2 aliphatic heterocycles. The first-order chi connectivity index (χ1) is 11.6. The summed E-state index contributed by atoms with van der Waals surface area (Å²) in [6.07, 6.45) is 1.94. The number of piperidine rings is 1. The topological polar surface area (TPSA) is 42.0 Å². The lowest BCUT2D eigenvalue weighted by Gasteiger charge is -2.33. The second-order valence-electron chi connectivity index (χ2n) is 7.02. The van der Waals surface area contributed by atoms with E-state index in [0.717, 1.165) is 39.1 Å². The molecule has 2 fully saturated rings. The summed E-state index contributed by atoms with van der Waals surface area (Å²) in [5.41, 5.74) is 1.21. The quantitative estimate of drug-likeness (QED) is 0.745. The van der Waals surface area contributed by atoms with Crippen molar-refractivity contribution in [3.8, 4) is 0 Å². The van der Waals surface area contributed by atoms with Crippen molar-refractivity contribution in [1.29, 1.82) is 0 Å². The Morgan fingerprint density at radius 3 is 2.88 bits per heavy atom. The Morgan fingerprint density at radius 2 is 2.12 bits per heavy atom. The molecule has 2 aliphatic rings. The number of nitrogens with zero attached hydrogens (tertiary/aromatic N) is 2. The molecule has 3 rings (SSSR count). The fraction of sp³-hybridized carbons (Fsp3) is 0.632. The third-order valence-corrected chi connectivity index (χ3v) is 5.02. The van der Waals surface area contributed by atoms with Crippen LogP contribution < -0.4 is 0 Å². The van der Waals surface area contributed by atoms with Crippen LogP contribution >= 0.6 is 0 Å². The van der Waals surface area contributed by atoms with Crippen LogP contribution in [0.5, 0.6) is 0 Å². The predicted octanol–water partition coefficient (Wildman–Crippen LogP) is 1.77. The highest BCUT2D eigenvalue weighted by Crippen LogP contribution is 2.33. The zero-order valence-corrected chi connectivity index (χ0v) is 14.7. The maximum atomic E-state index is 12.1. The fourth-order valence-electron chi connectivity index (χ4n) is 3.60. The van der Waals surface area contributed by atoms with Gasteiger partial charge < -0.3 is 14.4 Å². The number of carbonyl (C=O) groups excluding carboxylic acids is 1. The average molecular weight is 332 g/mol. The highest BCUT2D eigenvalue weighted by Gasteiger charge is 2.42. The minimum absolute atomic E-state index is 0.0992. The maximum Gasteiger partial charge on any atom is 0.251 e. The minimum Gasteiger partial charge on any atom is -0.375 e. The lowest BCUT2D eigenvalue weighted by atomic mass is 9.91. The number of fused-ring (bicyclic) bond motifs is 1. The zero-order chi connectivity index (χ0) is 16.9. The van der Waals surface area contributed by atoms with Gasteiger partial charge in [0.15, 0.2) is 0 Å². The molecule has 1 amide bonds. The molecule has 2 heterocycles. The van der Waals surface area contributed by atoms with Crippen LogP contribution in [0.2, 0.25) is 0 Å². The molecule has 2 saturated heterocycles. The first kappa shape index (κ1) is 17.4. The van der Waals surface area contributed by atoms with Crippen molar-refractivity contribution in [2.24, 2.45) is 5.92 Å². The summed E-state index contributed by atoms with van der Waals surface area (Å²) in [6, 6.07) is 10.3. The number of likely N-dealkylation sites (tertiary alicyclic amines) is 1. The lowest BCUT2D eigenvalue weighted by molar-refractivity contribution is -0.141. The van der Waals surface area contributed by atoms with Gasteiger partial charge in [0.05, 0.1) is 19.3 Å². The van der Waals surface area contributed by atoms with Crippen LogP contribution in [0, 0.1) is 5.92 Å². The number of hydrogen-bond acceptors (Lipinski definition) is 4. The van der Waals surface area contributed by atoms with Crippen LogP contribution in [0.15, 0.2) is 30.3 Å². The number of amides is 1. The Kier molecular flexibility index (Phi) is 5.87. The Morgan fingerprint density at radius 1 is 1.33 bits per heavy atom. The molecule has 24 heavy (non-hydrogen) atoms. The van der Waals surface area contributed by atoms with Gasteiger partial charge in [-0.1, -0.05) is 30.3 Å². The minimum atomic E-state index is -0.246. The van der Waals surface area contributed by atoms with E-state index in [1.54, 1.807) is 19.0 Å². The number of hydrogen-bond donors (Lipinski definition) is 0. The van der Waals surface area contributed by atoms with Crippen molar-refractivity contribution in [3.05, 3.63) is 35.9 Å². The van der Waals surface area contributed by atoms with Gasteiger partial charge >= 0.3 is 0 Å². The molecule has 0 aliphatic carbocycles. The van der Waals surface area contributed by atoms with Crippen molar-refractivity contribution in [2.45, 2.75) is 31.7 Å². The fourth-order valence-corrected chi connectivity index (χ4v) is 3.60. The number of benzene rings is 1. The molecule has 3 atom stereocenters. The van der Waals surface area contributed by atoms with Gasteiger partial charge in [-0.3, -0.25) is 9.69 Å². The van der Waals surface area contributed by atoms with Crippen LogP contribution in [0.3, 0.4) is 0 Å². The third kappa shape index (κ3) is 4.35. The summed E-state index contributed by atoms with van der Waals surface area (Å²) in [6.45, 7) is 4.30. The maximum absolute atomic E-state index is 12.1. The lowest BCUT2D eigenvalue weighted by Crippen LogP contribution is -2.43. The van der Waals surface area contributed by atoms with E-state index in [1.165, 1.54) is 5.56 Å². The van der Waals surface area contributed by atoms with E-state index >= 15 is 0 Å². The smallest absolute Gasteiger partial charge is 0.251 e. The number of ether oxygens (including phenoxy) is 2. The van der Waals surface area contributed by atoms with Gasteiger partial charge in [0, 0.05) is 27.2 Å². The van der Waals surface area contributed by atoms with Crippen LogP contribution in [0.25, 0.3) is 0 Å². The van der Waals surface area contributed by atoms with E-state index in [-0.39, 0.29) is 18.1 Å². The highest BCUT2D eigenvalue weighted by atomic mass is 16.5. The molecular formula is C19H28N2O3. The standard InChI is InChI=1S/C19H28N2O3/c1-20(2)19(22)17-12-16-8-9-21(13-18(16)24-17)10-11-23-14-15-6-4-3-5-7-15/h3-7,16-18H,8-14H2,1-2H3/t16-,17-,18+/m1/s1. The van der Waals surface area contributed by atoms with Gasteiger partial charge in [0.1, 0.15) is 6.10 Å². The van der Waals surface area contributed by atoms with Crippen molar-refractivity contribution < 1.29 is 14.3 Å². The van der Waals surface area contributed by atoms with Crippen LogP contribution in [0.1, 0.15) is 18.4 Å². The SMILES string of the molecule is CN(C)C(=O)[C@H]1C[C@H]2CCN(CCOCc3ccccc3)C[C@@H]2O1. The van der Waals surface area contributed by atoms with E-state index in [9.17, 15) is 4.79 Å². The molecule has 1 aromatic carbocycles. The summed E-state index contributed by atoms with van der Waals surface area (Å²) in [4.78, 5) is 16.1. The van der Waals surface area contributed by atoms with Gasteiger partial charge in [-0.2, -0.15) is 0 Å². The Labute approximate surface area is 144 Å². The molecule has 5 nitrogen and oxygen atoms in total. The number of carbonyl (C=O) groups is 1. The summed E-state index contributed by atoms with van der Waals surface area (Å²) in [5.74, 6) is 0.627. The Balaban J connectivity index is 1.38. The molecule has 0 bridgehead atoms. The summed E-state index contributed by atoms with van der Waals surface area (Å²) < 4.78 is 11.8. The van der Waals surface area contributed by atoms with Gasteiger partial charge in [0.25, 0.3) is 5.91 Å². The van der Waals surface area contributed by atoms with E-state index < -0.39 is 0 Å². The van der Waals surface area contributed by atoms with Crippen LogP contribution in [-0.4, -0.2) is 68.3 Å². The molecular weight excluding hydrogens is 304 g/mol. The summed E-state index contributed by atoms with van der Waals surface area (Å²) in [7, 11) is 3.59. The van der Waals surface area contributed by atoms with E-state index in [1.807, 2.05) is 18.2 Å². The van der Waals surface area contributed by atoms with E-state index in [2.05, 4.69) is 17.0 Å². The summed E-state index contributed by atoms with van der Waals surface area (Å²) in [5, 5.41) is 0. The molecule has 1 aromatic rings. The summed E-state index contributed by atoms with van der Waals surface area (Å²) >= 11 is 0. The van der Waals surface area contributed by atoms with Gasteiger partial charge in [-0.15, -0.1) is 0 Å². The van der Waals surface area contributed by atoms with Crippen molar-refractivity contribution in [2.75, 3.05) is 40.3 Å². The molecule has 0 aromatic heterocycles. The van der Waals surface area contributed by atoms with E-state index in [4.69, 9.17) is 9.47 Å². The molecule has 5 heteroatoms. The molecule has 132 valence electrons. The van der Waals surface area contributed by atoms with Crippen molar-refractivity contribution >= 4 is 5.91 Å². The van der Waals surface area contributed by atoms with Crippen molar-refractivity contribution in [3.63, 3.8) is 0 Å². The average Bonchev–Trinajstić information content (AvgIpc) is 3.02. The molecule has 0 unspecified atom stereocenters. The highest BCUT2D eigenvalue weighted by molar-refractivity contribution is 5.80. The normalized spacial score (nSPS) is 27.0. The Hall–Kier alpha value is -1.43. The zero-order valence-electron chi connectivity index (χ0n) is 14.7. The predicted molar refractivity (Wildman–Crippen MR) is 92.6 cm³/mol. The van der Waals surface area contributed by atoms with Gasteiger partial charge in [-0.25, -0.2) is 0 Å². The first-order valence-electron chi connectivity index (χ1n) is 8.84. The first-order valence-corrected chi connectivity index (χ1v) is 8.84. The van der Waals surface area contributed by atoms with Crippen molar-refractivity contribution in [1.82, 2.24) is 9.80 Å². The monoisotopic (exact) mass is 332 g/mol. The third-order valence-electron chi connectivity index (χ3n) is 5.02. The van der Waals surface area contributed by atoms with Gasteiger partial charge in [0.2, 0.25) is 0 Å². The van der Waals surface area contributed by atoms with Crippen LogP contribution in [0.4, 0.5) is 0 Å². The second kappa shape index (κ2) is 8.10.